The molecule has 2 aliphatic heterocycles. The average molecular weight is 386 g/mol. The molecule has 0 spiro atoms. The number of hydrogen-bond acceptors (Lipinski definition) is 6. The summed E-state index contributed by atoms with van der Waals surface area (Å²) in [6, 6.07) is 19.1. The molecular weight excluding hydrogens is 360 g/mol. The predicted molar refractivity (Wildman–Crippen MR) is 101 cm³/mol. The fraction of sp³-hybridized carbons (Fsp3) is 0.455. The quantitative estimate of drug-likeness (QED) is 0.841. The molecule has 2 fully saturated rings. The highest BCUT2D eigenvalue weighted by Gasteiger charge is 2.63. The van der Waals surface area contributed by atoms with Gasteiger partial charge < -0.3 is 29.2 Å². The lowest BCUT2D eigenvalue weighted by molar-refractivity contribution is -0.436. The van der Waals surface area contributed by atoms with E-state index in [1.54, 1.807) is 6.92 Å². The van der Waals surface area contributed by atoms with Crippen LogP contribution in [0.4, 0.5) is 0 Å². The summed E-state index contributed by atoms with van der Waals surface area (Å²) in [7, 11) is 0. The monoisotopic (exact) mass is 386 g/mol. The molecule has 2 aromatic rings. The van der Waals surface area contributed by atoms with Gasteiger partial charge in [-0.2, -0.15) is 0 Å². The van der Waals surface area contributed by atoms with E-state index in [2.05, 4.69) is 0 Å². The first kappa shape index (κ1) is 19.5. The van der Waals surface area contributed by atoms with E-state index in [0.29, 0.717) is 0 Å². The van der Waals surface area contributed by atoms with Gasteiger partial charge in [0, 0.05) is 11.1 Å². The molecule has 2 saturated heterocycles. The van der Waals surface area contributed by atoms with Crippen molar-refractivity contribution in [3.63, 3.8) is 0 Å². The number of hydrogen-bond donors (Lipinski definition) is 2. The molecule has 2 unspecified atom stereocenters. The molecule has 150 valence electrons. The Labute approximate surface area is 164 Å². The van der Waals surface area contributed by atoms with Gasteiger partial charge in [-0.15, -0.1) is 0 Å². The molecule has 6 atom stereocenters. The molecule has 2 heterocycles. The van der Waals surface area contributed by atoms with Crippen molar-refractivity contribution < 1.29 is 29.2 Å². The zero-order valence-electron chi connectivity index (χ0n) is 16.0. The molecule has 0 aliphatic carbocycles. The van der Waals surface area contributed by atoms with E-state index in [1.807, 2.05) is 67.6 Å². The number of rotatable bonds is 4. The van der Waals surface area contributed by atoms with Crippen LogP contribution in [0.5, 0.6) is 0 Å². The zero-order valence-corrected chi connectivity index (χ0v) is 16.0. The van der Waals surface area contributed by atoms with E-state index in [0.717, 1.165) is 11.1 Å². The largest absolute Gasteiger partial charge is 0.394 e. The summed E-state index contributed by atoms with van der Waals surface area (Å²) >= 11 is 0. The molecule has 2 aromatic carbocycles. The predicted octanol–water partition coefficient (Wildman–Crippen LogP) is 2.72. The number of aliphatic hydroxyl groups is 2. The minimum absolute atomic E-state index is 0.274. The Morgan fingerprint density at radius 3 is 2.07 bits per heavy atom. The van der Waals surface area contributed by atoms with Gasteiger partial charge in [0.15, 0.2) is 12.6 Å². The fourth-order valence-electron chi connectivity index (χ4n) is 3.90. The Hall–Kier alpha value is -1.80. The second kappa shape index (κ2) is 7.55. The van der Waals surface area contributed by atoms with Crippen molar-refractivity contribution in [3.8, 4) is 0 Å². The van der Waals surface area contributed by atoms with Crippen LogP contribution in [0.1, 0.15) is 37.6 Å². The maximum atomic E-state index is 10.7. The lowest BCUT2D eigenvalue weighted by atomic mass is 9.75. The van der Waals surface area contributed by atoms with Crippen LogP contribution in [-0.2, 0) is 18.9 Å². The van der Waals surface area contributed by atoms with Crippen LogP contribution < -0.4 is 0 Å². The summed E-state index contributed by atoms with van der Waals surface area (Å²) in [5.41, 5.74) is -0.569. The Morgan fingerprint density at radius 1 is 0.929 bits per heavy atom. The van der Waals surface area contributed by atoms with E-state index in [1.165, 1.54) is 0 Å². The summed E-state index contributed by atoms with van der Waals surface area (Å²) in [5.74, 6) is 0. The standard InChI is InChI=1S/C22H26O6/c1-21(17(24)13-23)22(2)18(26-20(28-21)16-11-7-4-8-12-16)14-25-19(27-22)15-9-5-3-6-10-15/h3-12,17-20,23-24H,13-14H2,1-2H3/t17-,18+,19?,20?,21-,22-/m1/s1. The van der Waals surface area contributed by atoms with Gasteiger partial charge in [0.1, 0.15) is 23.4 Å². The maximum absolute atomic E-state index is 10.7. The molecule has 0 amide bonds. The van der Waals surface area contributed by atoms with Gasteiger partial charge in [-0.05, 0) is 13.8 Å². The van der Waals surface area contributed by atoms with Crippen molar-refractivity contribution in [2.24, 2.45) is 0 Å². The van der Waals surface area contributed by atoms with Crippen LogP contribution in [0, 0.1) is 0 Å². The number of fused-ring (bicyclic) bond motifs is 1. The molecule has 0 radical (unpaired) electrons. The van der Waals surface area contributed by atoms with Crippen molar-refractivity contribution in [1.82, 2.24) is 0 Å². The summed E-state index contributed by atoms with van der Waals surface area (Å²) in [4.78, 5) is 0. The van der Waals surface area contributed by atoms with Gasteiger partial charge in [-0.3, -0.25) is 0 Å². The van der Waals surface area contributed by atoms with Crippen molar-refractivity contribution in [3.05, 3.63) is 71.8 Å². The highest BCUT2D eigenvalue weighted by molar-refractivity contribution is 5.21. The molecule has 6 nitrogen and oxygen atoms in total. The first-order valence-electron chi connectivity index (χ1n) is 9.49. The smallest absolute Gasteiger partial charge is 0.185 e. The Bertz CT molecular complexity index is 778. The van der Waals surface area contributed by atoms with E-state index in [-0.39, 0.29) is 6.61 Å². The number of aliphatic hydroxyl groups excluding tert-OH is 2. The van der Waals surface area contributed by atoms with Crippen molar-refractivity contribution in [1.29, 1.82) is 0 Å². The fourth-order valence-corrected chi connectivity index (χ4v) is 3.90. The minimum Gasteiger partial charge on any atom is -0.394 e. The molecule has 0 saturated carbocycles. The third-order valence-corrected chi connectivity index (χ3v) is 5.94. The van der Waals surface area contributed by atoms with E-state index >= 15 is 0 Å². The number of benzene rings is 2. The van der Waals surface area contributed by atoms with Gasteiger partial charge in [-0.1, -0.05) is 60.7 Å². The van der Waals surface area contributed by atoms with Crippen LogP contribution in [-0.4, -0.2) is 46.8 Å². The van der Waals surface area contributed by atoms with Crippen molar-refractivity contribution >= 4 is 0 Å². The van der Waals surface area contributed by atoms with E-state index in [9.17, 15) is 10.2 Å². The summed E-state index contributed by atoms with van der Waals surface area (Å²) in [5, 5.41) is 20.5. The lowest BCUT2D eigenvalue weighted by Gasteiger charge is -2.59. The number of ether oxygens (including phenoxy) is 4. The summed E-state index contributed by atoms with van der Waals surface area (Å²) < 4.78 is 24.7. The van der Waals surface area contributed by atoms with E-state index < -0.39 is 42.6 Å². The second-order valence-corrected chi connectivity index (χ2v) is 7.59. The third kappa shape index (κ3) is 3.16. The molecule has 28 heavy (non-hydrogen) atoms. The zero-order chi connectivity index (χ0) is 19.8. The highest BCUT2D eigenvalue weighted by Crippen LogP contribution is 2.50. The van der Waals surface area contributed by atoms with Crippen LogP contribution in [0.15, 0.2) is 60.7 Å². The van der Waals surface area contributed by atoms with Crippen LogP contribution in [0.25, 0.3) is 0 Å². The summed E-state index contributed by atoms with van der Waals surface area (Å²) in [6.45, 7) is 3.42. The van der Waals surface area contributed by atoms with Gasteiger partial charge in [-0.25, -0.2) is 0 Å². The molecule has 4 rings (SSSR count). The second-order valence-electron chi connectivity index (χ2n) is 7.59. The van der Waals surface area contributed by atoms with Gasteiger partial charge in [0.2, 0.25) is 0 Å². The first-order chi connectivity index (χ1) is 13.5. The average Bonchev–Trinajstić information content (AvgIpc) is 2.74. The van der Waals surface area contributed by atoms with Gasteiger partial charge in [0.25, 0.3) is 0 Å². The summed E-state index contributed by atoms with van der Waals surface area (Å²) in [6.07, 6.45) is -2.97. The minimum atomic E-state index is -1.22. The van der Waals surface area contributed by atoms with Crippen LogP contribution in [0.2, 0.25) is 0 Å². The van der Waals surface area contributed by atoms with E-state index in [4.69, 9.17) is 18.9 Å². The Kier molecular flexibility index (Phi) is 5.26. The highest BCUT2D eigenvalue weighted by atomic mass is 16.8. The molecular formula is C22H26O6. The first-order valence-corrected chi connectivity index (χ1v) is 9.49. The molecule has 2 N–H and O–H groups in total. The molecule has 0 aromatic heterocycles. The molecule has 2 aliphatic rings. The van der Waals surface area contributed by atoms with Crippen molar-refractivity contribution in [2.75, 3.05) is 13.2 Å². The Morgan fingerprint density at radius 2 is 1.50 bits per heavy atom. The molecule has 0 bridgehead atoms. The normalized spacial score (nSPS) is 36.5. The Balaban J connectivity index is 1.69. The molecule has 6 heteroatoms. The lowest BCUT2D eigenvalue weighted by Crippen LogP contribution is -2.72. The van der Waals surface area contributed by atoms with Gasteiger partial charge in [0.05, 0.1) is 13.2 Å². The van der Waals surface area contributed by atoms with Gasteiger partial charge >= 0.3 is 0 Å². The van der Waals surface area contributed by atoms with Crippen LogP contribution in [0.3, 0.4) is 0 Å². The van der Waals surface area contributed by atoms with Crippen molar-refractivity contribution in [2.45, 2.75) is 49.8 Å². The SMILES string of the molecule is C[C@]1([C@H](O)CO)OC(c2ccccc2)O[C@H]2COC(c3ccccc3)O[C@]21C. The topological polar surface area (TPSA) is 77.4 Å². The van der Waals surface area contributed by atoms with Crippen LogP contribution >= 0.6 is 0 Å². The third-order valence-electron chi connectivity index (χ3n) is 5.94. The maximum Gasteiger partial charge on any atom is 0.185 e.